The Hall–Kier alpha value is -1.01. The van der Waals surface area contributed by atoms with E-state index < -0.39 is 0 Å². The highest BCUT2D eigenvalue weighted by atomic mass is 32.1. The number of nitrogens with one attached hydrogen (secondary N) is 2. The highest BCUT2D eigenvalue weighted by molar-refractivity contribution is 7.15. The van der Waals surface area contributed by atoms with Gasteiger partial charge in [0.15, 0.2) is 0 Å². The number of anilines is 1. The average molecular weight is 214 g/mol. The first-order valence-electron chi connectivity index (χ1n) is 4.41. The zero-order valence-corrected chi connectivity index (χ0v) is 9.31. The van der Waals surface area contributed by atoms with Crippen molar-refractivity contribution < 1.29 is 4.79 Å². The average Bonchev–Trinajstić information content (AvgIpc) is 2.53. The molecule has 0 bridgehead atoms. The zero-order valence-electron chi connectivity index (χ0n) is 8.50. The Balaban J connectivity index is 2.55. The van der Waals surface area contributed by atoms with Crippen LogP contribution in [0.15, 0.2) is 0 Å². The van der Waals surface area contributed by atoms with Crippen LogP contribution in [0.2, 0.25) is 0 Å². The predicted molar refractivity (Wildman–Crippen MR) is 56.6 cm³/mol. The Bertz CT molecular complexity index is 310. The molecule has 1 heterocycles. The van der Waals surface area contributed by atoms with E-state index in [1.54, 1.807) is 7.05 Å². The highest BCUT2D eigenvalue weighted by Crippen LogP contribution is 2.21. The summed E-state index contributed by atoms with van der Waals surface area (Å²) in [7, 11) is 1.72. The van der Waals surface area contributed by atoms with Gasteiger partial charge in [-0.05, 0) is 7.05 Å². The number of likely N-dealkylation sites (N-methyl/N-ethyl adjacent to an activating group) is 1. The lowest BCUT2D eigenvalue weighted by Gasteiger charge is -1.98. The minimum Gasteiger partial charge on any atom is -0.311 e. The van der Waals surface area contributed by atoms with Crippen LogP contribution in [0.4, 0.5) is 5.13 Å². The first kappa shape index (κ1) is 11.1. The topological polar surface area (TPSA) is 66.9 Å². The second-order valence-electron chi connectivity index (χ2n) is 3.18. The summed E-state index contributed by atoms with van der Waals surface area (Å²) >= 11 is 1.41. The number of nitrogens with zero attached hydrogens (tertiary/aromatic N) is 2. The second-order valence-corrected chi connectivity index (χ2v) is 4.19. The summed E-state index contributed by atoms with van der Waals surface area (Å²) in [6, 6.07) is 0. The van der Waals surface area contributed by atoms with Gasteiger partial charge in [-0.2, -0.15) is 0 Å². The second kappa shape index (κ2) is 5.02. The minimum absolute atomic E-state index is 0.0982. The van der Waals surface area contributed by atoms with Crippen LogP contribution in [-0.2, 0) is 4.79 Å². The van der Waals surface area contributed by atoms with Gasteiger partial charge in [0.1, 0.15) is 5.01 Å². The third-order valence-electron chi connectivity index (χ3n) is 1.52. The Morgan fingerprint density at radius 3 is 2.71 bits per heavy atom. The van der Waals surface area contributed by atoms with Gasteiger partial charge in [-0.3, -0.25) is 10.1 Å². The quantitative estimate of drug-likeness (QED) is 0.778. The van der Waals surface area contributed by atoms with Crippen molar-refractivity contribution in [2.24, 2.45) is 0 Å². The van der Waals surface area contributed by atoms with Crippen molar-refractivity contribution in [3.8, 4) is 0 Å². The standard InChI is InChI=1S/C8H14N4OS/c1-5(2)7-11-12-8(14-7)10-6(13)4-9-3/h5,9H,4H2,1-3H3,(H,10,12,13). The summed E-state index contributed by atoms with van der Waals surface area (Å²) in [6.45, 7) is 4.37. The molecule has 2 N–H and O–H groups in total. The number of aromatic nitrogens is 2. The van der Waals surface area contributed by atoms with Crippen molar-refractivity contribution in [2.75, 3.05) is 18.9 Å². The van der Waals surface area contributed by atoms with Gasteiger partial charge in [0.05, 0.1) is 6.54 Å². The van der Waals surface area contributed by atoms with E-state index >= 15 is 0 Å². The molecule has 1 rings (SSSR count). The zero-order chi connectivity index (χ0) is 10.6. The highest BCUT2D eigenvalue weighted by Gasteiger charge is 2.09. The number of carbonyl (C=O) groups is 1. The van der Waals surface area contributed by atoms with Gasteiger partial charge in [0, 0.05) is 5.92 Å². The van der Waals surface area contributed by atoms with Crippen molar-refractivity contribution in [3.63, 3.8) is 0 Å². The molecule has 0 fully saturated rings. The molecular formula is C8H14N4OS. The molecule has 14 heavy (non-hydrogen) atoms. The molecule has 6 heteroatoms. The summed E-state index contributed by atoms with van der Waals surface area (Å²) in [4.78, 5) is 11.2. The molecule has 0 aliphatic rings. The molecule has 0 saturated carbocycles. The van der Waals surface area contributed by atoms with E-state index in [9.17, 15) is 4.79 Å². The van der Waals surface area contributed by atoms with Crippen LogP contribution >= 0.6 is 11.3 Å². The Labute approximate surface area is 86.9 Å². The van der Waals surface area contributed by atoms with Gasteiger partial charge >= 0.3 is 0 Å². The van der Waals surface area contributed by atoms with Crippen LogP contribution in [-0.4, -0.2) is 29.7 Å². The normalized spacial score (nSPS) is 10.6. The molecule has 0 radical (unpaired) electrons. The van der Waals surface area contributed by atoms with E-state index in [4.69, 9.17) is 0 Å². The van der Waals surface area contributed by atoms with Crippen molar-refractivity contribution in [1.82, 2.24) is 15.5 Å². The van der Waals surface area contributed by atoms with Crippen molar-refractivity contribution in [2.45, 2.75) is 19.8 Å². The van der Waals surface area contributed by atoms with Crippen molar-refractivity contribution in [1.29, 1.82) is 0 Å². The summed E-state index contributed by atoms with van der Waals surface area (Å²) in [5, 5.41) is 14.8. The lowest BCUT2D eigenvalue weighted by molar-refractivity contribution is -0.115. The molecule has 0 atom stereocenters. The molecule has 0 unspecified atom stereocenters. The SMILES string of the molecule is CNCC(=O)Nc1nnc(C(C)C)s1. The van der Waals surface area contributed by atoms with E-state index in [1.165, 1.54) is 11.3 Å². The summed E-state index contributed by atoms with van der Waals surface area (Å²) < 4.78 is 0. The van der Waals surface area contributed by atoms with E-state index in [0.29, 0.717) is 11.0 Å². The maximum absolute atomic E-state index is 11.2. The number of carbonyl (C=O) groups excluding carboxylic acids is 1. The van der Waals surface area contributed by atoms with Crippen molar-refractivity contribution >= 4 is 22.4 Å². The van der Waals surface area contributed by atoms with Gasteiger partial charge < -0.3 is 5.32 Å². The molecule has 1 aromatic rings. The third-order valence-corrected chi connectivity index (χ3v) is 2.66. The Morgan fingerprint density at radius 1 is 1.50 bits per heavy atom. The molecule has 0 aromatic carbocycles. The number of amides is 1. The van der Waals surface area contributed by atoms with Crippen LogP contribution in [0.25, 0.3) is 0 Å². The Morgan fingerprint density at radius 2 is 2.21 bits per heavy atom. The Kier molecular flexibility index (Phi) is 3.97. The van der Waals surface area contributed by atoms with E-state index in [-0.39, 0.29) is 12.5 Å². The van der Waals surface area contributed by atoms with Crippen LogP contribution in [0.5, 0.6) is 0 Å². The van der Waals surface area contributed by atoms with Gasteiger partial charge in [0.25, 0.3) is 0 Å². The summed E-state index contributed by atoms with van der Waals surface area (Å²) in [5.74, 6) is 0.251. The first-order chi connectivity index (χ1) is 6.63. The number of hydrogen-bond acceptors (Lipinski definition) is 5. The molecule has 1 amide bonds. The minimum atomic E-state index is -0.0982. The maximum atomic E-state index is 11.2. The largest absolute Gasteiger partial charge is 0.311 e. The van der Waals surface area contributed by atoms with Crippen LogP contribution in [0.1, 0.15) is 24.8 Å². The van der Waals surface area contributed by atoms with Gasteiger partial charge in [-0.25, -0.2) is 0 Å². The predicted octanol–water partition coefficient (Wildman–Crippen LogP) is 0.819. The van der Waals surface area contributed by atoms with E-state index in [0.717, 1.165) is 5.01 Å². The molecule has 0 aliphatic carbocycles. The van der Waals surface area contributed by atoms with Gasteiger partial charge in [-0.1, -0.05) is 25.2 Å². The smallest absolute Gasteiger partial charge is 0.240 e. The monoisotopic (exact) mass is 214 g/mol. The molecule has 0 spiro atoms. The van der Waals surface area contributed by atoms with Crippen LogP contribution < -0.4 is 10.6 Å². The molecular weight excluding hydrogens is 200 g/mol. The number of rotatable bonds is 4. The summed E-state index contributed by atoms with van der Waals surface area (Å²) in [5.41, 5.74) is 0. The number of hydrogen-bond donors (Lipinski definition) is 2. The lowest BCUT2D eigenvalue weighted by atomic mass is 10.2. The van der Waals surface area contributed by atoms with Gasteiger partial charge in [0.2, 0.25) is 11.0 Å². The lowest BCUT2D eigenvalue weighted by Crippen LogP contribution is -2.24. The van der Waals surface area contributed by atoms with Gasteiger partial charge in [-0.15, -0.1) is 10.2 Å². The molecule has 1 aromatic heterocycles. The molecule has 0 aliphatic heterocycles. The van der Waals surface area contributed by atoms with Crippen LogP contribution in [0, 0.1) is 0 Å². The third kappa shape index (κ3) is 3.04. The van der Waals surface area contributed by atoms with E-state index in [2.05, 4.69) is 20.8 Å². The molecule has 78 valence electrons. The molecule has 5 nitrogen and oxygen atoms in total. The van der Waals surface area contributed by atoms with Crippen molar-refractivity contribution in [3.05, 3.63) is 5.01 Å². The first-order valence-corrected chi connectivity index (χ1v) is 5.23. The van der Waals surface area contributed by atoms with Crippen LogP contribution in [0.3, 0.4) is 0 Å². The summed E-state index contributed by atoms with van der Waals surface area (Å²) in [6.07, 6.45) is 0. The fourth-order valence-electron chi connectivity index (χ4n) is 0.842. The fourth-order valence-corrected chi connectivity index (χ4v) is 1.60. The molecule has 0 saturated heterocycles. The maximum Gasteiger partial charge on any atom is 0.240 e. The fraction of sp³-hybridized carbons (Fsp3) is 0.625. The van der Waals surface area contributed by atoms with E-state index in [1.807, 2.05) is 13.8 Å².